The highest BCUT2D eigenvalue weighted by Gasteiger charge is 1.99. The number of benzene rings is 1. The number of hydrogen-bond acceptors (Lipinski definition) is 1. The lowest BCUT2D eigenvalue weighted by Gasteiger charge is -2.16. The molecule has 0 radical (unpaired) electrons. The van der Waals surface area contributed by atoms with Crippen molar-refractivity contribution in [2.45, 2.75) is 39.7 Å². The van der Waals surface area contributed by atoms with Crippen LogP contribution in [0.3, 0.4) is 0 Å². The van der Waals surface area contributed by atoms with Gasteiger partial charge in [-0.05, 0) is 37.6 Å². The third-order valence-corrected chi connectivity index (χ3v) is 2.78. The summed E-state index contributed by atoms with van der Waals surface area (Å²) in [5, 5.41) is 0. The van der Waals surface area contributed by atoms with Gasteiger partial charge in [0.2, 0.25) is 0 Å². The molecule has 1 rings (SSSR count). The number of hydrogen-bond donors (Lipinski definition) is 0. The fraction of sp³-hybridized carbons (Fsp3) is 0.571. The lowest BCUT2D eigenvalue weighted by atomic mass is 10.1. The van der Waals surface area contributed by atoms with Crippen molar-refractivity contribution in [2.75, 3.05) is 13.6 Å². The molecule has 0 amide bonds. The summed E-state index contributed by atoms with van der Waals surface area (Å²) in [5.74, 6) is 0. The lowest BCUT2D eigenvalue weighted by molar-refractivity contribution is 0.321. The minimum Gasteiger partial charge on any atom is -0.302 e. The van der Waals surface area contributed by atoms with Gasteiger partial charge in [-0.3, -0.25) is 0 Å². The molecule has 15 heavy (non-hydrogen) atoms. The molecule has 0 aliphatic rings. The minimum absolute atomic E-state index is 1.07. The van der Waals surface area contributed by atoms with Gasteiger partial charge in [0.05, 0.1) is 0 Å². The van der Waals surface area contributed by atoms with E-state index in [9.17, 15) is 0 Å². The fourth-order valence-corrected chi connectivity index (χ4v) is 1.70. The van der Waals surface area contributed by atoms with Crippen molar-refractivity contribution in [3.63, 3.8) is 0 Å². The van der Waals surface area contributed by atoms with Crippen LogP contribution < -0.4 is 0 Å². The summed E-state index contributed by atoms with van der Waals surface area (Å²) in [7, 11) is 2.20. The summed E-state index contributed by atoms with van der Waals surface area (Å²) in [6.45, 7) is 6.71. The first-order chi connectivity index (χ1) is 7.26. The molecule has 0 saturated carbocycles. The molecule has 0 aliphatic carbocycles. The van der Waals surface area contributed by atoms with E-state index >= 15 is 0 Å². The monoisotopic (exact) mass is 205 g/mol. The van der Waals surface area contributed by atoms with Crippen LogP contribution in [0.4, 0.5) is 0 Å². The van der Waals surface area contributed by atoms with Crippen LogP contribution in [0.15, 0.2) is 24.3 Å². The maximum absolute atomic E-state index is 2.39. The van der Waals surface area contributed by atoms with Crippen LogP contribution in [0.25, 0.3) is 0 Å². The molecule has 1 nitrogen and oxygen atoms in total. The van der Waals surface area contributed by atoms with Gasteiger partial charge >= 0.3 is 0 Å². The van der Waals surface area contributed by atoms with Crippen molar-refractivity contribution in [2.24, 2.45) is 0 Å². The maximum atomic E-state index is 2.39. The summed E-state index contributed by atoms with van der Waals surface area (Å²) in [6.07, 6.45) is 3.70. The van der Waals surface area contributed by atoms with E-state index in [2.05, 4.69) is 50.1 Å². The summed E-state index contributed by atoms with van der Waals surface area (Å²) in [4.78, 5) is 2.39. The van der Waals surface area contributed by atoms with E-state index in [4.69, 9.17) is 0 Å². The van der Waals surface area contributed by atoms with Crippen LogP contribution in [-0.4, -0.2) is 18.5 Å². The average molecular weight is 205 g/mol. The zero-order chi connectivity index (χ0) is 11.1. The minimum atomic E-state index is 1.07. The Morgan fingerprint density at radius 1 is 1.00 bits per heavy atom. The van der Waals surface area contributed by atoms with Gasteiger partial charge in [0, 0.05) is 6.54 Å². The Kier molecular flexibility index (Phi) is 5.41. The normalized spacial score (nSPS) is 10.9. The van der Waals surface area contributed by atoms with Crippen molar-refractivity contribution < 1.29 is 0 Å². The number of aryl methyl sites for hydroxylation is 1. The van der Waals surface area contributed by atoms with Gasteiger partial charge in [-0.15, -0.1) is 0 Å². The van der Waals surface area contributed by atoms with E-state index in [0.717, 1.165) is 13.0 Å². The molecule has 0 fully saturated rings. The van der Waals surface area contributed by atoms with Crippen LogP contribution in [-0.2, 0) is 13.0 Å². The summed E-state index contributed by atoms with van der Waals surface area (Å²) >= 11 is 0. The Hall–Kier alpha value is -0.820. The second-order valence-electron chi connectivity index (χ2n) is 4.26. The molecular formula is C14H23N. The third kappa shape index (κ3) is 4.48. The van der Waals surface area contributed by atoms with Crippen LogP contribution in [0.2, 0.25) is 0 Å². The molecule has 1 aromatic rings. The van der Waals surface area contributed by atoms with Crippen LogP contribution >= 0.6 is 0 Å². The topological polar surface area (TPSA) is 3.24 Å². The van der Waals surface area contributed by atoms with E-state index in [1.54, 1.807) is 0 Å². The molecule has 1 aromatic carbocycles. The zero-order valence-corrected chi connectivity index (χ0v) is 10.3. The highest BCUT2D eigenvalue weighted by molar-refractivity contribution is 5.22. The highest BCUT2D eigenvalue weighted by Crippen LogP contribution is 2.07. The molecule has 0 unspecified atom stereocenters. The van der Waals surface area contributed by atoms with Crippen LogP contribution in [0.5, 0.6) is 0 Å². The molecule has 0 spiro atoms. The predicted octanol–water partition coefficient (Wildman–Crippen LogP) is 3.48. The summed E-state index contributed by atoms with van der Waals surface area (Å²) in [5.41, 5.74) is 2.85. The third-order valence-electron chi connectivity index (χ3n) is 2.78. The standard InChI is InChI=1S/C14H23N/c1-4-6-11-15(3)12-14-9-7-13(5-2)8-10-14/h7-10H,4-6,11-12H2,1-3H3. The van der Waals surface area contributed by atoms with Gasteiger partial charge in [0.15, 0.2) is 0 Å². The quantitative estimate of drug-likeness (QED) is 0.687. The molecule has 0 heterocycles. The first-order valence-electron chi connectivity index (χ1n) is 6.02. The predicted molar refractivity (Wildman–Crippen MR) is 67.1 cm³/mol. The van der Waals surface area contributed by atoms with Crippen molar-refractivity contribution in [3.05, 3.63) is 35.4 Å². The maximum Gasteiger partial charge on any atom is 0.0230 e. The first kappa shape index (κ1) is 12.3. The van der Waals surface area contributed by atoms with Gasteiger partial charge in [-0.25, -0.2) is 0 Å². The molecule has 0 atom stereocenters. The Labute approximate surface area is 94.1 Å². The van der Waals surface area contributed by atoms with Gasteiger partial charge in [-0.2, -0.15) is 0 Å². The van der Waals surface area contributed by atoms with Gasteiger partial charge < -0.3 is 4.90 Å². The molecule has 0 N–H and O–H groups in total. The molecule has 84 valence electrons. The first-order valence-corrected chi connectivity index (χ1v) is 6.02. The molecule has 0 aliphatic heterocycles. The lowest BCUT2D eigenvalue weighted by Crippen LogP contribution is -2.18. The SMILES string of the molecule is CCCCN(C)Cc1ccc(CC)cc1. The van der Waals surface area contributed by atoms with Crippen molar-refractivity contribution >= 4 is 0 Å². The smallest absolute Gasteiger partial charge is 0.0230 e. The second kappa shape index (κ2) is 6.62. The van der Waals surface area contributed by atoms with E-state index in [-0.39, 0.29) is 0 Å². The summed E-state index contributed by atoms with van der Waals surface area (Å²) in [6, 6.07) is 8.98. The van der Waals surface area contributed by atoms with E-state index in [0.29, 0.717) is 0 Å². The van der Waals surface area contributed by atoms with E-state index in [1.807, 2.05) is 0 Å². The van der Waals surface area contributed by atoms with Crippen molar-refractivity contribution in [1.82, 2.24) is 4.90 Å². The van der Waals surface area contributed by atoms with Gasteiger partial charge in [0.1, 0.15) is 0 Å². The zero-order valence-electron chi connectivity index (χ0n) is 10.3. The molecule has 0 bridgehead atoms. The van der Waals surface area contributed by atoms with Crippen molar-refractivity contribution in [3.8, 4) is 0 Å². The largest absolute Gasteiger partial charge is 0.302 e. The molecular weight excluding hydrogens is 182 g/mol. The number of nitrogens with zero attached hydrogens (tertiary/aromatic N) is 1. The summed E-state index contributed by atoms with van der Waals surface area (Å²) < 4.78 is 0. The number of unbranched alkanes of at least 4 members (excludes halogenated alkanes) is 1. The van der Waals surface area contributed by atoms with Gasteiger partial charge in [0.25, 0.3) is 0 Å². The second-order valence-corrected chi connectivity index (χ2v) is 4.26. The van der Waals surface area contributed by atoms with Crippen LogP contribution in [0, 0.1) is 0 Å². The Bertz CT molecular complexity index is 263. The number of rotatable bonds is 6. The fourth-order valence-electron chi connectivity index (χ4n) is 1.70. The average Bonchev–Trinajstić information content (AvgIpc) is 2.27. The van der Waals surface area contributed by atoms with Gasteiger partial charge in [-0.1, -0.05) is 44.5 Å². The molecule has 0 saturated heterocycles. The van der Waals surface area contributed by atoms with Crippen molar-refractivity contribution in [1.29, 1.82) is 0 Å². The Balaban J connectivity index is 2.42. The molecule has 1 heteroatoms. The van der Waals surface area contributed by atoms with Crippen LogP contribution in [0.1, 0.15) is 37.8 Å². The molecule has 0 aromatic heterocycles. The Morgan fingerprint density at radius 2 is 1.60 bits per heavy atom. The van der Waals surface area contributed by atoms with E-state index < -0.39 is 0 Å². The van der Waals surface area contributed by atoms with E-state index in [1.165, 1.54) is 30.5 Å². The Morgan fingerprint density at radius 3 is 2.13 bits per heavy atom. The highest BCUT2D eigenvalue weighted by atomic mass is 15.1.